The first-order chi connectivity index (χ1) is 11.5. The molecule has 0 radical (unpaired) electrons. The molecule has 24 heavy (non-hydrogen) atoms. The first kappa shape index (κ1) is 17.7. The molecule has 1 fully saturated rings. The third-order valence-corrected chi connectivity index (χ3v) is 6.86. The number of hydrogen-bond acceptors (Lipinski definition) is 2. The summed E-state index contributed by atoms with van der Waals surface area (Å²) in [4.78, 5) is 0. The molecule has 0 bridgehead atoms. The van der Waals surface area contributed by atoms with Crippen LogP contribution in [0.25, 0.3) is 0 Å². The van der Waals surface area contributed by atoms with Crippen LogP contribution in [0.4, 0.5) is 0 Å². The van der Waals surface area contributed by atoms with Crippen LogP contribution < -0.4 is 0 Å². The zero-order valence-corrected chi connectivity index (χ0v) is 15.1. The Balaban J connectivity index is 2.15. The number of hydrogen-bond donors (Lipinski definition) is 2. The molecule has 0 saturated heterocycles. The second kappa shape index (κ2) is 6.65. The average Bonchev–Trinajstić information content (AvgIpc) is 2.63. The van der Waals surface area contributed by atoms with Gasteiger partial charge in [-0.15, -0.1) is 0 Å². The molecule has 0 aromatic heterocycles. The molecule has 4 atom stereocenters. The van der Waals surface area contributed by atoms with Crippen LogP contribution in [0, 0.1) is 17.3 Å². The summed E-state index contributed by atoms with van der Waals surface area (Å²) in [5.74, 6) is 0.114. The molecule has 0 aromatic carbocycles. The third-order valence-electron chi connectivity index (χ3n) is 6.86. The van der Waals surface area contributed by atoms with E-state index < -0.39 is 16.6 Å². The smallest absolute Gasteiger partial charge is 0.0979 e. The lowest BCUT2D eigenvalue weighted by Gasteiger charge is -2.60. The van der Waals surface area contributed by atoms with E-state index in [9.17, 15) is 10.2 Å². The Bertz CT molecular complexity index is 521. The standard InChI is InChI=1S/C22H32O2/c1-3-18-12-6-10-16-21(18,23)20(14-8-5-9-15-20)22(24)17-11-7-13-19(22)4-2/h6-7,10-13,16-19,23-24H,3-5,8-9,14-15H2,1-2H3. The lowest BCUT2D eigenvalue weighted by molar-refractivity contribution is -0.202. The Kier molecular flexibility index (Phi) is 4.90. The van der Waals surface area contributed by atoms with Crippen molar-refractivity contribution in [3.8, 4) is 0 Å². The fourth-order valence-corrected chi connectivity index (χ4v) is 5.54. The molecule has 2 nitrogen and oxygen atoms in total. The molecule has 0 spiro atoms. The number of rotatable bonds is 4. The van der Waals surface area contributed by atoms with Gasteiger partial charge in [-0.3, -0.25) is 0 Å². The fourth-order valence-electron chi connectivity index (χ4n) is 5.54. The minimum Gasteiger partial charge on any atom is -0.384 e. The number of allylic oxidation sites excluding steroid dienone is 4. The quantitative estimate of drug-likeness (QED) is 0.785. The summed E-state index contributed by atoms with van der Waals surface area (Å²) in [7, 11) is 0. The van der Waals surface area contributed by atoms with Crippen LogP contribution in [0.5, 0.6) is 0 Å². The van der Waals surface area contributed by atoms with Crippen LogP contribution >= 0.6 is 0 Å². The van der Waals surface area contributed by atoms with E-state index in [1.165, 1.54) is 6.42 Å². The highest BCUT2D eigenvalue weighted by Gasteiger charge is 2.64. The first-order valence-electron chi connectivity index (χ1n) is 9.71. The summed E-state index contributed by atoms with van der Waals surface area (Å²) in [6.07, 6.45) is 23.1. The van der Waals surface area contributed by atoms with Gasteiger partial charge in [0.25, 0.3) is 0 Å². The lowest BCUT2D eigenvalue weighted by atomic mass is 9.48. The Hall–Kier alpha value is -1.12. The molecule has 2 heteroatoms. The molecule has 1 saturated carbocycles. The van der Waals surface area contributed by atoms with E-state index >= 15 is 0 Å². The van der Waals surface area contributed by atoms with Gasteiger partial charge in [0.15, 0.2) is 0 Å². The van der Waals surface area contributed by atoms with Crippen LogP contribution in [-0.2, 0) is 0 Å². The normalized spacial score (nSPS) is 40.8. The molecule has 3 rings (SSSR count). The molecule has 3 aliphatic rings. The van der Waals surface area contributed by atoms with Crippen LogP contribution in [0.2, 0.25) is 0 Å². The molecule has 132 valence electrons. The van der Waals surface area contributed by atoms with E-state index in [1.54, 1.807) is 0 Å². The Morgan fingerprint density at radius 1 is 0.750 bits per heavy atom. The highest BCUT2D eigenvalue weighted by atomic mass is 16.3. The highest BCUT2D eigenvalue weighted by Crippen LogP contribution is 2.60. The van der Waals surface area contributed by atoms with E-state index in [2.05, 4.69) is 26.0 Å². The van der Waals surface area contributed by atoms with Crippen molar-refractivity contribution in [1.29, 1.82) is 0 Å². The van der Waals surface area contributed by atoms with Gasteiger partial charge in [-0.05, 0) is 25.7 Å². The average molecular weight is 328 g/mol. The second-order valence-electron chi connectivity index (χ2n) is 7.81. The predicted molar refractivity (Wildman–Crippen MR) is 99.5 cm³/mol. The Morgan fingerprint density at radius 3 is 1.62 bits per heavy atom. The van der Waals surface area contributed by atoms with Crippen molar-refractivity contribution in [1.82, 2.24) is 0 Å². The van der Waals surface area contributed by atoms with Crippen molar-refractivity contribution in [2.75, 3.05) is 0 Å². The summed E-state index contributed by atoms with van der Waals surface area (Å²) in [6, 6.07) is 0. The van der Waals surface area contributed by atoms with Crippen molar-refractivity contribution >= 4 is 0 Å². The molecular formula is C22H32O2. The van der Waals surface area contributed by atoms with Gasteiger partial charge in [0, 0.05) is 17.3 Å². The van der Waals surface area contributed by atoms with E-state index in [0.717, 1.165) is 38.5 Å². The fraction of sp³-hybridized carbons (Fsp3) is 0.636. The molecule has 2 N–H and O–H groups in total. The maximum Gasteiger partial charge on any atom is 0.0979 e. The van der Waals surface area contributed by atoms with Crippen molar-refractivity contribution in [3.05, 3.63) is 48.6 Å². The zero-order chi connectivity index (χ0) is 17.3. The van der Waals surface area contributed by atoms with Gasteiger partial charge in [0.2, 0.25) is 0 Å². The first-order valence-corrected chi connectivity index (χ1v) is 9.71. The summed E-state index contributed by atoms with van der Waals surface area (Å²) in [5, 5.41) is 24.0. The van der Waals surface area contributed by atoms with Gasteiger partial charge >= 0.3 is 0 Å². The Morgan fingerprint density at radius 2 is 1.21 bits per heavy atom. The minimum absolute atomic E-state index is 0.0569. The predicted octanol–water partition coefficient (Wildman–Crippen LogP) is 4.70. The summed E-state index contributed by atoms with van der Waals surface area (Å²) >= 11 is 0. The van der Waals surface area contributed by atoms with Gasteiger partial charge in [-0.25, -0.2) is 0 Å². The van der Waals surface area contributed by atoms with Gasteiger partial charge in [0.1, 0.15) is 0 Å². The van der Waals surface area contributed by atoms with Crippen molar-refractivity contribution in [3.63, 3.8) is 0 Å². The highest BCUT2D eigenvalue weighted by molar-refractivity contribution is 5.35. The van der Waals surface area contributed by atoms with E-state index in [4.69, 9.17) is 0 Å². The summed E-state index contributed by atoms with van der Waals surface area (Å²) < 4.78 is 0. The molecular weight excluding hydrogens is 296 g/mol. The van der Waals surface area contributed by atoms with Gasteiger partial charge in [-0.2, -0.15) is 0 Å². The van der Waals surface area contributed by atoms with Crippen molar-refractivity contribution in [2.45, 2.75) is 70.0 Å². The van der Waals surface area contributed by atoms with Crippen LogP contribution in [0.3, 0.4) is 0 Å². The van der Waals surface area contributed by atoms with Gasteiger partial charge in [0.05, 0.1) is 11.2 Å². The second-order valence-corrected chi connectivity index (χ2v) is 7.81. The van der Waals surface area contributed by atoms with E-state index in [0.29, 0.717) is 0 Å². The van der Waals surface area contributed by atoms with E-state index in [1.807, 2.05) is 36.5 Å². The minimum atomic E-state index is -0.991. The Labute approximate surface area is 146 Å². The summed E-state index contributed by atoms with van der Waals surface area (Å²) in [6.45, 7) is 4.27. The van der Waals surface area contributed by atoms with Gasteiger partial charge < -0.3 is 10.2 Å². The maximum atomic E-state index is 12.0. The van der Waals surface area contributed by atoms with Crippen molar-refractivity contribution < 1.29 is 10.2 Å². The topological polar surface area (TPSA) is 40.5 Å². The molecule has 3 aliphatic carbocycles. The molecule has 0 amide bonds. The van der Waals surface area contributed by atoms with Gasteiger partial charge in [-0.1, -0.05) is 81.7 Å². The summed E-state index contributed by atoms with van der Waals surface area (Å²) in [5.41, 5.74) is -2.51. The molecule has 4 unspecified atom stereocenters. The van der Waals surface area contributed by atoms with Crippen LogP contribution in [-0.4, -0.2) is 21.4 Å². The SMILES string of the molecule is CCC1C=CC=CC1(O)C1(C2(O)C=CC=CC2CC)CCCCC1. The molecule has 0 heterocycles. The number of aliphatic hydroxyl groups is 2. The zero-order valence-electron chi connectivity index (χ0n) is 15.1. The van der Waals surface area contributed by atoms with Crippen molar-refractivity contribution in [2.24, 2.45) is 17.3 Å². The van der Waals surface area contributed by atoms with Crippen LogP contribution in [0.1, 0.15) is 58.8 Å². The van der Waals surface area contributed by atoms with E-state index in [-0.39, 0.29) is 11.8 Å². The monoisotopic (exact) mass is 328 g/mol. The van der Waals surface area contributed by atoms with Crippen LogP contribution in [0.15, 0.2) is 48.6 Å². The largest absolute Gasteiger partial charge is 0.384 e. The maximum absolute atomic E-state index is 12.0. The lowest BCUT2D eigenvalue weighted by Crippen LogP contribution is -2.66. The molecule has 0 aromatic rings. The third kappa shape index (κ3) is 2.38. The molecule has 0 aliphatic heterocycles.